The van der Waals surface area contributed by atoms with Gasteiger partial charge in [0.1, 0.15) is 5.82 Å². The fraction of sp³-hybridized carbons (Fsp3) is 0.533. The zero-order valence-electron chi connectivity index (χ0n) is 12.0. The summed E-state index contributed by atoms with van der Waals surface area (Å²) in [5, 5.41) is 5.70. The number of hydrogen-bond donors (Lipinski definition) is 3. The molecule has 1 heterocycles. The van der Waals surface area contributed by atoms with Crippen LogP contribution in [0.4, 0.5) is 15.8 Å². The first-order valence-electron chi connectivity index (χ1n) is 7.34. The molecule has 1 unspecified atom stereocenters. The monoisotopic (exact) mass is 295 g/mol. The fourth-order valence-electron chi connectivity index (χ4n) is 2.25. The van der Waals surface area contributed by atoms with Crippen LogP contribution in [0.3, 0.4) is 0 Å². The van der Waals surface area contributed by atoms with Crippen LogP contribution in [0.25, 0.3) is 0 Å². The Bertz CT molecular complexity index is 476. The van der Waals surface area contributed by atoms with E-state index in [1.54, 1.807) is 12.1 Å². The fourth-order valence-corrected chi connectivity index (χ4v) is 2.25. The molecule has 116 valence electrons. The summed E-state index contributed by atoms with van der Waals surface area (Å²) in [5.74, 6) is -0.537. The van der Waals surface area contributed by atoms with Gasteiger partial charge in [-0.05, 0) is 44.0 Å². The number of hydrogen-bond acceptors (Lipinski definition) is 4. The Morgan fingerprint density at radius 3 is 3.00 bits per heavy atom. The van der Waals surface area contributed by atoms with Crippen LogP contribution in [0, 0.1) is 5.82 Å². The number of nitrogens with one attached hydrogen (secondary N) is 2. The standard InChI is InChI=1S/C15H22FN3O2/c16-13-9-11(19-15(20)4-1-7-17)5-6-14(13)18-10-12-3-2-8-21-12/h5-6,9,12,18H,1-4,7-8,10,17H2,(H,19,20). The number of halogens is 1. The van der Waals surface area contributed by atoms with E-state index in [2.05, 4.69) is 10.6 Å². The lowest BCUT2D eigenvalue weighted by molar-refractivity contribution is -0.116. The smallest absolute Gasteiger partial charge is 0.224 e. The average Bonchev–Trinajstić information content (AvgIpc) is 2.97. The van der Waals surface area contributed by atoms with Crippen LogP contribution < -0.4 is 16.4 Å². The second kappa shape index (κ2) is 7.95. The largest absolute Gasteiger partial charge is 0.380 e. The molecule has 1 aliphatic heterocycles. The van der Waals surface area contributed by atoms with E-state index in [0.717, 1.165) is 19.4 Å². The molecule has 0 aromatic heterocycles. The predicted octanol–water partition coefficient (Wildman–Crippen LogP) is 2.09. The summed E-state index contributed by atoms with van der Waals surface area (Å²) < 4.78 is 19.4. The van der Waals surface area contributed by atoms with Crippen LogP contribution in [0.2, 0.25) is 0 Å². The number of anilines is 2. The third-order valence-electron chi connectivity index (χ3n) is 3.40. The minimum atomic E-state index is -0.385. The Kier molecular flexibility index (Phi) is 5.95. The highest BCUT2D eigenvalue weighted by atomic mass is 19.1. The first kappa shape index (κ1) is 15.7. The molecule has 1 aliphatic rings. The minimum absolute atomic E-state index is 0.153. The number of rotatable bonds is 7. The molecule has 0 radical (unpaired) electrons. The van der Waals surface area contributed by atoms with Gasteiger partial charge in [0.05, 0.1) is 11.8 Å². The van der Waals surface area contributed by atoms with Crippen molar-refractivity contribution in [2.75, 3.05) is 30.3 Å². The number of nitrogens with two attached hydrogens (primary N) is 1. The molecule has 6 heteroatoms. The molecule has 0 bridgehead atoms. The van der Waals surface area contributed by atoms with Crippen LogP contribution in [0.1, 0.15) is 25.7 Å². The molecule has 21 heavy (non-hydrogen) atoms. The molecule has 0 saturated carbocycles. The maximum atomic E-state index is 14.0. The summed E-state index contributed by atoms with van der Waals surface area (Å²) in [6.45, 7) is 1.84. The number of amides is 1. The molecule has 4 N–H and O–H groups in total. The molecular formula is C15H22FN3O2. The van der Waals surface area contributed by atoms with Crippen LogP contribution in [-0.4, -0.2) is 31.7 Å². The maximum absolute atomic E-state index is 14.0. The molecule has 1 aromatic rings. The van der Waals surface area contributed by atoms with E-state index in [1.165, 1.54) is 6.07 Å². The highest BCUT2D eigenvalue weighted by Gasteiger charge is 2.15. The maximum Gasteiger partial charge on any atom is 0.224 e. The Balaban J connectivity index is 1.85. The Labute approximate surface area is 124 Å². The van der Waals surface area contributed by atoms with Gasteiger partial charge in [-0.3, -0.25) is 4.79 Å². The van der Waals surface area contributed by atoms with Gasteiger partial charge in [0.25, 0.3) is 0 Å². The van der Waals surface area contributed by atoms with E-state index in [-0.39, 0.29) is 17.8 Å². The highest BCUT2D eigenvalue weighted by molar-refractivity contribution is 5.90. The van der Waals surface area contributed by atoms with E-state index >= 15 is 0 Å². The quantitative estimate of drug-likeness (QED) is 0.720. The Morgan fingerprint density at radius 2 is 2.33 bits per heavy atom. The molecule has 1 saturated heterocycles. The third-order valence-corrected chi connectivity index (χ3v) is 3.40. The molecule has 1 fully saturated rings. The summed E-state index contributed by atoms with van der Waals surface area (Å²) in [6.07, 6.45) is 3.18. The lowest BCUT2D eigenvalue weighted by atomic mass is 10.2. The summed E-state index contributed by atoms with van der Waals surface area (Å²) >= 11 is 0. The molecule has 1 atom stereocenters. The summed E-state index contributed by atoms with van der Waals surface area (Å²) in [7, 11) is 0. The predicted molar refractivity (Wildman–Crippen MR) is 80.8 cm³/mol. The molecule has 0 spiro atoms. The molecule has 0 aliphatic carbocycles. The summed E-state index contributed by atoms with van der Waals surface area (Å²) in [4.78, 5) is 11.5. The van der Waals surface area contributed by atoms with Gasteiger partial charge in [-0.2, -0.15) is 0 Å². The van der Waals surface area contributed by atoms with Crippen molar-refractivity contribution in [1.82, 2.24) is 0 Å². The normalized spacial score (nSPS) is 17.7. The second-order valence-electron chi connectivity index (χ2n) is 5.15. The van der Waals surface area contributed by atoms with Crippen molar-refractivity contribution in [3.8, 4) is 0 Å². The van der Waals surface area contributed by atoms with Crippen molar-refractivity contribution in [1.29, 1.82) is 0 Å². The van der Waals surface area contributed by atoms with Gasteiger partial charge in [-0.1, -0.05) is 0 Å². The van der Waals surface area contributed by atoms with Gasteiger partial charge in [0.2, 0.25) is 5.91 Å². The van der Waals surface area contributed by atoms with E-state index in [0.29, 0.717) is 37.3 Å². The SMILES string of the molecule is NCCCC(=O)Nc1ccc(NCC2CCCO2)c(F)c1. The molecule has 2 rings (SSSR count). The van der Waals surface area contributed by atoms with Crippen molar-refractivity contribution in [2.24, 2.45) is 5.73 Å². The van der Waals surface area contributed by atoms with Gasteiger partial charge in [-0.25, -0.2) is 4.39 Å². The van der Waals surface area contributed by atoms with Crippen LogP contribution in [-0.2, 0) is 9.53 Å². The highest BCUT2D eigenvalue weighted by Crippen LogP contribution is 2.20. The van der Waals surface area contributed by atoms with Crippen molar-refractivity contribution in [3.63, 3.8) is 0 Å². The van der Waals surface area contributed by atoms with Gasteiger partial charge in [0, 0.05) is 25.3 Å². The Hall–Kier alpha value is -1.66. The Morgan fingerprint density at radius 1 is 1.48 bits per heavy atom. The van der Waals surface area contributed by atoms with Crippen molar-refractivity contribution >= 4 is 17.3 Å². The van der Waals surface area contributed by atoms with Crippen molar-refractivity contribution in [2.45, 2.75) is 31.8 Å². The van der Waals surface area contributed by atoms with Crippen molar-refractivity contribution < 1.29 is 13.9 Å². The van der Waals surface area contributed by atoms with E-state index in [4.69, 9.17) is 10.5 Å². The van der Waals surface area contributed by atoms with Crippen LogP contribution >= 0.6 is 0 Å². The first-order chi connectivity index (χ1) is 10.2. The second-order valence-corrected chi connectivity index (χ2v) is 5.15. The third kappa shape index (κ3) is 4.99. The molecule has 5 nitrogen and oxygen atoms in total. The topological polar surface area (TPSA) is 76.4 Å². The van der Waals surface area contributed by atoms with Crippen LogP contribution in [0.5, 0.6) is 0 Å². The molecule has 1 aromatic carbocycles. The average molecular weight is 295 g/mol. The van der Waals surface area contributed by atoms with Gasteiger partial charge in [0.15, 0.2) is 0 Å². The van der Waals surface area contributed by atoms with Gasteiger partial charge >= 0.3 is 0 Å². The number of carbonyl (C=O) groups is 1. The van der Waals surface area contributed by atoms with Crippen LogP contribution in [0.15, 0.2) is 18.2 Å². The summed E-state index contributed by atoms with van der Waals surface area (Å²) in [6, 6.07) is 4.63. The molecular weight excluding hydrogens is 273 g/mol. The van der Waals surface area contributed by atoms with Gasteiger partial charge in [-0.15, -0.1) is 0 Å². The minimum Gasteiger partial charge on any atom is -0.380 e. The zero-order chi connectivity index (χ0) is 15.1. The lowest BCUT2D eigenvalue weighted by Crippen LogP contribution is -2.19. The van der Waals surface area contributed by atoms with E-state index in [1.807, 2.05) is 0 Å². The lowest BCUT2D eigenvalue weighted by Gasteiger charge is -2.13. The van der Waals surface area contributed by atoms with E-state index in [9.17, 15) is 9.18 Å². The summed E-state index contributed by atoms with van der Waals surface area (Å²) in [5.41, 5.74) is 6.22. The first-order valence-corrected chi connectivity index (χ1v) is 7.34. The van der Waals surface area contributed by atoms with Crippen molar-refractivity contribution in [3.05, 3.63) is 24.0 Å². The molecule has 1 amide bonds. The van der Waals surface area contributed by atoms with Gasteiger partial charge < -0.3 is 21.1 Å². The zero-order valence-corrected chi connectivity index (χ0v) is 12.0. The number of benzene rings is 1. The van der Waals surface area contributed by atoms with E-state index < -0.39 is 0 Å². The number of ether oxygens (including phenoxy) is 1. The number of carbonyl (C=O) groups excluding carboxylic acids is 1.